The van der Waals surface area contributed by atoms with E-state index in [2.05, 4.69) is 45.3 Å². The number of furan rings is 1. The molecule has 10 aromatic carbocycles. The number of aliphatic imine (C=N–C) groups is 1. The Hall–Kier alpha value is -15.2. The molecule has 0 spiro atoms. The maximum atomic E-state index is 11.2. The summed E-state index contributed by atoms with van der Waals surface area (Å²) in [5.74, 6) is -0.558. The highest BCUT2D eigenvalue weighted by Gasteiger charge is 2.17. The number of hydrogen-bond donors (Lipinski definition) is 10. The molecule has 5 amide bonds. The molecule has 0 unspecified atom stereocenters. The summed E-state index contributed by atoms with van der Waals surface area (Å²) in [4.78, 5) is 68.4. The molecule has 588 valence electrons. The van der Waals surface area contributed by atoms with E-state index in [1.807, 2.05) is 175 Å². The van der Waals surface area contributed by atoms with Gasteiger partial charge in [-0.2, -0.15) is 0 Å². The van der Waals surface area contributed by atoms with Crippen LogP contribution in [0.3, 0.4) is 0 Å². The molecular weight excluding hydrogens is 1470 g/mol. The molecular formula is C97H89N9O11. The van der Waals surface area contributed by atoms with Crippen LogP contribution >= 0.6 is 0 Å². The molecule has 117 heavy (non-hydrogen) atoms. The van der Waals surface area contributed by atoms with E-state index >= 15 is 0 Å². The van der Waals surface area contributed by atoms with Gasteiger partial charge in [0.2, 0.25) is 29.5 Å². The fraction of sp³-hybridized carbons (Fsp3) is 0.113. The van der Waals surface area contributed by atoms with E-state index in [1.165, 1.54) is 0 Å². The van der Waals surface area contributed by atoms with E-state index in [4.69, 9.17) is 33.1 Å². The van der Waals surface area contributed by atoms with Gasteiger partial charge in [-0.15, -0.1) is 0 Å². The van der Waals surface area contributed by atoms with Gasteiger partial charge in [-0.1, -0.05) is 158 Å². The van der Waals surface area contributed by atoms with E-state index in [-0.39, 0.29) is 77.5 Å². The molecule has 20 nitrogen and oxygen atoms in total. The Balaban J connectivity index is 0.000000144. The third-order valence-corrected chi connectivity index (χ3v) is 19.2. The van der Waals surface area contributed by atoms with Crippen molar-refractivity contribution in [3.05, 3.63) is 344 Å². The first kappa shape index (κ1) is 82.8. The molecule has 0 aliphatic carbocycles. The Morgan fingerprint density at radius 1 is 0.325 bits per heavy atom. The summed E-state index contributed by atoms with van der Waals surface area (Å²) in [5, 5.41) is 48.6. The Morgan fingerprint density at radius 2 is 0.641 bits per heavy atom. The van der Waals surface area contributed by atoms with Crippen LogP contribution in [-0.4, -0.2) is 82.4 Å². The highest BCUT2D eigenvalue weighted by molar-refractivity contribution is 6.11. The summed E-state index contributed by atoms with van der Waals surface area (Å²) in [6.07, 6.45) is 22.5. The molecule has 20 heteroatoms. The van der Waals surface area contributed by atoms with E-state index in [9.17, 15) is 49.5 Å². The Labute approximate surface area is 677 Å². The number of hydrogen-bond acceptors (Lipinski definition) is 14. The lowest BCUT2D eigenvalue weighted by atomic mass is 9.92. The van der Waals surface area contributed by atoms with Crippen LogP contribution in [0.2, 0.25) is 0 Å². The van der Waals surface area contributed by atoms with Gasteiger partial charge in [-0.05, 0) is 258 Å². The molecule has 0 bridgehead atoms. The van der Waals surface area contributed by atoms with Crippen LogP contribution < -0.4 is 28.7 Å². The first-order valence-electron chi connectivity index (χ1n) is 37.9. The second kappa shape index (κ2) is 40.8. The molecule has 14 aromatic rings. The van der Waals surface area contributed by atoms with Gasteiger partial charge < -0.3 is 63.2 Å². The lowest BCUT2D eigenvalue weighted by Gasteiger charge is -2.13. The van der Waals surface area contributed by atoms with E-state index in [0.29, 0.717) is 51.5 Å². The average molecular weight is 1560 g/mol. The van der Waals surface area contributed by atoms with Crippen molar-refractivity contribution in [3.63, 3.8) is 0 Å². The number of primary amides is 5. The molecule has 0 atom stereocenters. The largest absolute Gasteiger partial charge is 0.508 e. The zero-order chi connectivity index (χ0) is 82.6. The number of carbonyl (C=O) groups excluding carboxylic acids is 5. The van der Waals surface area contributed by atoms with Crippen molar-refractivity contribution in [1.82, 2.24) is 14.5 Å². The Morgan fingerprint density at radius 3 is 0.940 bits per heavy atom. The van der Waals surface area contributed by atoms with Gasteiger partial charge >= 0.3 is 0 Å². The maximum absolute atomic E-state index is 11.2. The minimum Gasteiger partial charge on any atom is -0.508 e. The van der Waals surface area contributed by atoms with E-state index in [0.717, 1.165) is 134 Å². The summed E-state index contributed by atoms with van der Waals surface area (Å²) in [6.45, 7) is 0.709. The zero-order valence-corrected chi connectivity index (χ0v) is 64.2. The fourth-order valence-corrected chi connectivity index (χ4v) is 13.5. The smallest absolute Gasteiger partial charge is 0.217 e. The minimum atomic E-state index is -0.333. The average Bonchev–Trinajstić information content (AvgIpc) is 1.56. The van der Waals surface area contributed by atoms with Crippen molar-refractivity contribution < 1.29 is 53.9 Å². The summed E-state index contributed by atoms with van der Waals surface area (Å²) in [5.41, 5.74) is 50.4. The van der Waals surface area contributed by atoms with Gasteiger partial charge in [0, 0.05) is 86.8 Å². The maximum Gasteiger partial charge on any atom is 0.217 e. The van der Waals surface area contributed by atoms with Crippen LogP contribution in [0.5, 0.6) is 28.7 Å². The van der Waals surface area contributed by atoms with E-state index < -0.39 is 0 Å². The quantitative estimate of drug-likeness (QED) is 0.0255. The van der Waals surface area contributed by atoms with Gasteiger partial charge in [-0.3, -0.25) is 38.9 Å². The molecule has 0 saturated heterocycles. The Bertz CT molecular complexity index is 5540. The third-order valence-electron chi connectivity index (χ3n) is 19.2. The predicted molar refractivity (Wildman–Crippen MR) is 460 cm³/mol. The van der Waals surface area contributed by atoms with Crippen molar-refractivity contribution in [2.45, 2.75) is 64.2 Å². The summed E-state index contributed by atoms with van der Waals surface area (Å²) >= 11 is 0. The van der Waals surface area contributed by atoms with Gasteiger partial charge in [0.15, 0.2) is 0 Å². The van der Waals surface area contributed by atoms with Crippen LogP contribution in [-0.2, 0) is 56.1 Å². The fourth-order valence-electron chi connectivity index (χ4n) is 13.5. The molecule has 0 radical (unpaired) electrons. The molecule has 4 aromatic heterocycles. The zero-order valence-electron chi connectivity index (χ0n) is 64.2. The van der Waals surface area contributed by atoms with E-state index in [1.54, 1.807) is 116 Å². The number of pyridine rings is 2. The number of rotatable bonds is 25. The summed E-state index contributed by atoms with van der Waals surface area (Å²) in [7, 11) is 0. The number of aryl methyl sites for hydroxylation is 5. The number of phenolic OH excluding ortho intramolecular Hbond substituents is 5. The minimum absolute atomic E-state index is 0.210. The van der Waals surface area contributed by atoms with Crippen molar-refractivity contribution in [1.29, 1.82) is 0 Å². The number of aromatic hydroxyl groups is 5. The topological polar surface area (TPSA) is 373 Å². The van der Waals surface area contributed by atoms with Gasteiger partial charge in [0.05, 0.1) is 19.1 Å². The number of nitrogens with zero attached hydrogens (tertiary/aromatic N) is 4. The van der Waals surface area contributed by atoms with Crippen molar-refractivity contribution in [2.24, 2.45) is 33.7 Å². The molecule has 5 heterocycles. The number of carbonyl (C=O) groups is 5. The predicted octanol–water partition coefficient (Wildman–Crippen LogP) is 17.0. The van der Waals surface area contributed by atoms with Gasteiger partial charge in [0.25, 0.3) is 0 Å². The van der Waals surface area contributed by atoms with Crippen LogP contribution in [0.15, 0.2) is 320 Å². The lowest BCUT2D eigenvalue weighted by molar-refractivity contribution is -0.118. The molecule has 15 rings (SSSR count). The molecule has 1 aliphatic heterocycles. The number of aromatic nitrogens is 3. The third kappa shape index (κ3) is 24.2. The van der Waals surface area contributed by atoms with Crippen molar-refractivity contribution in [3.8, 4) is 123 Å². The molecule has 0 saturated carbocycles. The van der Waals surface area contributed by atoms with Crippen molar-refractivity contribution in [2.75, 3.05) is 6.54 Å². The first-order chi connectivity index (χ1) is 56.7. The molecule has 1 aliphatic rings. The molecule has 15 N–H and O–H groups in total. The van der Waals surface area contributed by atoms with Crippen LogP contribution in [0.25, 0.3) is 100 Å². The van der Waals surface area contributed by atoms with Crippen molar-refractivity contribution >= 4 is 41.3 Å². The molecule has 0 fully saturated rings. The van der Waals surface area contributed by atoms with Crippen LogP contribution in [0.4, 0.5) is 0 Å². The highest BCUT2D eigenvalue weighted by atomic mass is 16.3. The van der Waals surface area contributed by atoms with Crippen LogP contribution in [0.1, 0.15) is 65.5 Å². The number of benzene rings is 10. The highest BCUT2D eigenvalue weighted by Crippen LogP contribution is 2.37. The standard InChI is InChI=1S/2C20H18N2O2.2C19H18N2O2.C19H17NO3/c2*21-20(24)9-7-16-11-14(17-4-2-10-22-13-17)6-8-19(16)15-3-1-5-18(23)12-15;20-19(23)9-6-15-12-16(21-10-1-2-11-21)7-8-18(15)14-4-3-5-17(22)13-14;20-19(23)7-5-15-10-13(16-8-9-21-12-16)4-6-18(15)14-2-1-3-17(22)11-14;20-19(22)7-5-15-10-13(16-8-9-23-12-16)4-6-18(15)14-2-1-3-17(21)11-14/h2*1-6,8,10-13,23H,7,9H2,(H2,21,24);1-5,7-8,10-13,22H,6,9H2,(H2,20,23);1-4,6,8,10-12,22H,5,7,9H2,(H2,20,23);1-4,6,8-12,21H,5,7H2,(H2,20,22). The number of allylic oxidation sites excluding steroid dienone is 1. The number of phenols is 5. The SMILES string of the molecule is NC(=O)CCc1cc(-c2cccnc2)ccc1-c1cccc(O)c1.NC(=O)CCc1cc(-c2cccnc2)ccc1-c1cccc(O)c1.NC(=O)CCc1cc(-c2ccoc2)ccc1-c1cccc(O)c1.NC(=O)CCc1cc(-n2cccc2)ccc1-c1cccc(O)c1.NC(=O)CCc1cc(C2=CCN=C2)ccc1-c1cccc(O)c1. The second-order valence-corrected chi connectivity index (χ2v) is 27.7. The second-order valence-electron chi connectivity index (χ2n) is 27.7. The number of amides is 5. The monoisotopic (exact) mass is 1560 g/mol. The summed E-state index contributed by atoms with van der Waals surface area (Å²) in [6, 6.07) is 79.5. The normalized spacial score (nSPS) is 11.1. The summed E-state index contributed by atoms with van der Waals surface area (Å²) < 4.78 is 7.14. The van der Waals surface area contributed by atoms with Gasteiger partial charge in [-0.25, -0.2) is 0 Å². The first-order valence-corrected chi connectivity index (χ1v) is 37.9. The number of nitrogens with two attached hydrogens (primary N) is 5. The van der Waals surface area contributed by atoms with Crippen LogP contribution in [0, 0.1) is 0 Å². The Kier molecular flexibility index (Phi) is 28.9. The van der Waals surface area contributed by atoms with Gasteiger partial charge in [0.1, 0.15) is 28.7 Å². The lowest BCUT2D eigenvalue weighted by Crippen LogP contribution is -2.11.